The molecular weight excluding hydrogens is 378 g/mol. The third-order valence-electron chi connectivity index (χ3n) is 4.34. The summed E-state index contributed by atoms with van der Waals surface area (Å²) in [6.07, 6.45) is 0. The largest absolute Gasteiger partial charge is 0.451 e. The van der Waals surface area contributed by atoms with Crippen LogP contribution in [0, 0.1) is 0 Å². The lowest BCUT2D eigenvalue weighted by molar-refractivity contribution is 0.0930. The Bertz CT molecular complexity index is 1110. The van der Waals surface area contributed by atoms with E-state index >= 15 is 0 Å². The standard InChI is InChI=1S/C22H18ClNO2S/c23-17-6-3-4-15(12-17)14-27-11-10-24-22(25)21-13-19-18-7-2-1-5-16(18)8-9-20(19)26-21/h1-9,12-13H,10-11,14H2,(H,24,25). The minimum atomic E-state index is -0.182. The predicted octanol–water partition coefficient (Wildman–Crippen LogP) is 5.90. The third-order valence-corrected chi connectivity index (χ3v) is 5.60. The lowest BCUT2D eigenvalue weighted by Crippen LogP contribution is -2.25. The molecular formula is C22H18ClNO2S. The Labute approximate surface area is 166 Å². The number of hydrogen-bond donors (Lipinski definition) is 1. The quantitative estimate of drug-likeness (QED) is 0.413. The zero-order valence-corrected chi connectivity index (χ0v) is 16.1. The minimum Gasteiger partial charge on any atom is -0.451 e. The molecule has 4 rings (SSSR count). The molecule has 0 bridgehead atoms. The molecule has 3 aromatic carbocycles. The number of carbonyl (C=O) groups excluding carboxylic acids is 1. The molecule has 0 saturated heterocycles. The monoisotopic (exact) mass is 395 g/mol. The van der Waals surface area contributed by atoms with Crippen molar-refractivity contribution in [3.05, 3.63) is 83.1 Å². The highest BCUT2D eigenvalue weighted by atomic mass is 35.5. The van der Waals surface area contributed by atoms with Crippen LogP contribution in [0.4, 0.5) is 0 Å². The lowest BCUT2D eigenvalue weighted by atomic mass is 10.1. The van der Waals surface area contributed by atoms with Crippen LogP contribution in [-0.2, 0) is 5.75 Å². The normalized spacial score (nSPS) is 11.1. The number of nitrogens with one attached hydrogen (secondary N) is 1. The van der Waals surface area contributed by atoms with Gasteiger partial charge in [-0.3, -0.25) is 4.79 Å². The van der Waals surface area contributed by atoms with Gasteiger partial charge in [0.1, 0.15) is 5.58 Å². The average Bonchev–Trinajstić information content (AvgIpc) is 3.13. The molecule has 136 valence electrons. The summed E-state index contributed by atoms with van der Waals surface area (Å²) in [5, 5.41) is 6.87. The summed E-state index contributed by atoms with van der Waals surface area (Å²) in [6.45, 7) is 0.585. The second-order valence-corrected chi connectivity index (χ2v) is 7.79. The fraction of sp³-hybridized carbons (Fsp3) is 0.136. The van der Waals surface area contributed by atoms with Crippen molar-refractivity contribution in [1.82, 2.24) is 5.32 Å². The fourth-order valence-corrected chi connectivity index (χ4v) is 4.06. The molecule has 3 nitrogen and oxygen atoms in total. The van der Waals surface area contributed by atoms with Crippen molar-refractivity contribution in [3.8, 4) is 0 Å². The maximum Gasteiger partial charge on any atom is 0.287 e. The zero-order chi connectivity index (χ0) is 18.6. The van der Waals surface area contributed by atoms with Crippen LogP contribution >= 0.6 is 23.4 Å². The molecule has 0 radical (unpaired) electrons. The second kappa shape index (κ2) is 8.07. The van der Waals surface area contributed by atoms with Gasteiger partial charge < -0.3 is 9.73 Å². The number of rotatable bonds is 6. The van der Waals surface area contributed by atoms with Crippen LogP contribution in [0.3, 0.4) is 0 Å². The molecule has 0 unspecified atom stereocenters. The SMILES string of the molecule is O=C(NCCSCc1cccc(Cl)c1)c1cc2c(ccc3ccccc32)o1. The van der Waals surface area contributed by atoms with Gasteiger partial charge in [-0.2, -0.15) is 11.8 Å². The van der Waals surface area contributed by atoms with E-state index in [9.17, 15) is 4.79 Å². The molecule has 0 fully saturated rings. The van der Waals surface area contributed by atoms with Gasteiger partial charge in [-0.1, -0.05) is 54.1 Å². The summed E-state index contributed by atoms with van der Waals surface area (Å²) in [4.78, 5) is 12.4. The molecule has 4 aromatic rings. The molecule has 0 atom stereocenters. The molecule has 1 aromatic heterocycles. The first-order valence-corrected chi connectivity index (χ1v) is 10.3. The molecule has 0 aliphatic carbocycles. The first kappa shape index (κ1) is 18.0. The molecule has 0 saturated carbocycles. The van der Waals surface area contributed by atoms with E-state index in [2.05, 4.69) is 17.4 Å². The summed E-state index contributed by atoms with van der Waals surface area (Å²) in [5.74, 6) is 1.86. The molecule has 1 N–H and O–H groups in total. The number of amides is 1. The van der Waals surface area contributed by atoms with Crippen LogP contribution < -0.4 is 5.32 Å². The first-order valence-electron chi connectivity index (χ1n) is 8.72. The molecule has 0 aliphatic rings. The molecule has 0 aliphatic heterocycles. The summed E-state index contributed by atoms with van der Waals surface area (Å²) in [5.41, 5.74) is 1.91. The van der Waals surface area contributed by atoms with Gasteiger partial charge in [0, 0.05) is 28.5 Å². The van der Waals surface area contributed by atoms with Crippen molar-refractivity contribution in [1.29, 1.82) is 0 Å². The number of thioether (sulfide) groups is 1. The van der Waals surface area contributed by atoms with E-state index in [4.69, 9.17) is 16.0 Å². The van der Waals surface area contributed by atoms with Gasteiger partial charge in [-0.15, -0.1) is 0 Å². The van der Waals surface area contributed by atoms with Crippen LogP contribution in [0.2, 0.25) is 5.02 Å². The number of carbonyl (C=O) groups is 1. The third kappa shape index (κ3) is 4.12. The van der Waals surface area contributed by atoms with E-state index in [1.54, 1.807) is 11.8 Å². The first-order chi connectivity index (χ1) is 13.2. The second-order valence-electron chi connectivity index (χ2n) is 6.25. The predicted molar refractivity (Wildman–Crippen MR) is 114 cm³/mol. The van der Waals surface area contributed by atoms with Crippen molar-refractivity contribution in [3.63, 3.8) is 0 Å². The van der Waals surface area contributed by atoms with Crippen molar-refractivity contribution in [2.24, 2.45) is 0 Å². The Morgan fingerprint density at radius 1 is 1.00 bits per heavy atom. The fourth-order valence-electron chi connectivity index (χ4n) is 3.05. The van der Waals surface area contributed by atoms with Crippen LogP contribution in [0.5, 0.6) is 0 Å². The van der Waals surface area contributed by atoms with Crippen LogP contribution in [0.1, 0.15) is 16.1 Å². The maximum atomic E-state index is 12.4. The van der Waals surface area contributed by atoms with Gasteiger partial charge in [0.15, 0.2) is 5.76 Å². The van der Waals surface area contributed by atoms with Gasteiger partial charge in [-0.25, -0.2) is 0 Å². The van der Waals surface area contributed by atoms with Crippen LogP contribution in [-0.4, -0.2) is 18.2 Å². The minimum absolute atomic E-state index is 0.182. The Morgan fingerprint density at radius 3 is 2.78 bits per heavy atom. The molecule has 27 heavy (non-hydrogen) atoms. The average molecular weight is 396 g/mol. The van der Waals surface area contributed by atoms with E-state index in [1.807, 2.05) is 54.6 Å². The Hall–Kier alpha value is -2.43. The number of halogens is 1. The molecule has 1 heterocycles. The summed E-state index contributed by atoms with van der Waals surface area (Å²) >= 11 is 7.74. The van der Waals surface area contributed by atoms with Gasteiger partial charge in [0.25, 0.3) is 5.91 Å². The van der Waals surface area contributed by atoms with E-state index in [1.165, 1.54) is 5.56 Å². The van der Waals surface area contributed by atoms with E-state index in [-0.39, 0.29) is 5.91 Å². The summed E-state index contributed by atoms with van der Waals surface area (Å²) in [6, 6.07) is 21.7. The molecule has 5 heteroatoms. The van der Waals surface area contributed by atoms with Crippen LogP contribution in [0.25, 0.3) is 21.7 Å². The summed E-state index contributed by atoms with van der Waals surface area (Å²) < 4.78 is 5.74. The number of fused-ring (bicyclic) bond motifs is 3. The van der Waals surface area contributed by atoms with E-state index in [0.29, 0.717) is 12.3 Å². The van der Waals surface area contributed by atoms with Crippen LogP contribution in [0.15, 0.2) is 71.1 Å². The zero-order valence-electron chi connectivity index (χ0n) is 14.6. The Morgan fingerprint density at radius 2 is 1.89 bits per heavy atom. The Balaban J connectivity index is 1.35. The lowest BCUT2D eigenvalue weighted by Gasteiger charge is -2.04. The van der Waals surface area contributed by atoms with Gasteiger partial charge in [0.2, 0.25) is 0 Å². The van der Waals surface area contributed by atoms with E-state index in [0.717, 1.165) is 38.3 Å². The van der Waals surface area contributed by atoms with Gasteiger partial charge >= 0.3 is 0 Å². The van der Waals surface area contributed by atoms with Crippen molar-refractivity contribution < 1.29 is 9.21 Å². The number of furan rings is 1. The highest BCUT2D eigenvalue weighted by Gasteiger charge is 2.13. The van der Waals surface area contributed by atoms with E-state index < -0.39 is 0 Å². The van der Waals surface area contributed by atoms with Gasteiger partial charge in [0.05, 0.1) is 0 Å². The van der Waals surface area contributed by atoms with Crippen molar-refractivity contribution in [2.45, 2.75) is 5.75 Å². The molecule has 0 spiro atoms. The highest BCUT2D eigenvalue weighted by Crippen LogP contribution is 2.28. The number of hydrogen-bond acceptors (Lipinski definition) is 3. The van der Waals surface area contributed by atoms with Crippen molar-refractivity contribution >= 4 is 51.0 Å². The molecule has 1 amide bonds. The summed E-state index contributed by atoms with van der Waals surface area (Å²) in [7, 11) is 0. The smallest absolute Gasteiger partial charge is 0.287 e. The maximum absolute atomic E-state index is 12.4. The Kier molecular flexibility index (Phi) is 5.37. The highest BCUT2D eigenvalue weighted by molar-refractivity contribution is 7.98. The van der Waals surface area contributed by atoms with Crippen molar-refractivity contribution in [2.75, 3.05) is 12.3 Å². The topological polar surface area (TPSA) is 42.2 Å². The van der Waals surface area contributed by atoms with Gasteiger partial charge in [-0.05, 0) is 40.6 Å². The number of benzene rings is 3.